The first-order chi connectivity index (χ1) is 8.33. The maximum atomic E-state index is 13.4. The molecule has 86 valence electrons. The summed E-state index contributed by atoms with van der Waals surface area (Å²) in [4.78, 5) is 4.20. The van der Waals surface area contributed by atoms with Gasteiger partial charge in [0, 0.05) is 0 Å². The summed E-state index contributed by atoms with van der Waals surface area (Å²) in [5, 5.41) is 3.81. The average Bonchev–Trinajstić information content (AvgIpc) is 2.95. The molecular weight excluding hydrogens is 239 g/mol. The molecule has 17 heavy (non-hydrogen) atoms. The number of benzene rings is 1. The normalized spacial score (nSPS) is 10.9. The third-order valence-corrected chi connectivity index (χ3v) is 3.34. The van der Waals surface area contributed by atoms with Crippen molar-refractivity contribution in [2.45, 2.75) is 6.54 Å². The first-order valence-electron chi connectivity index (χ1n) is 5.14. The SMILES string of the molecule is Fc1cccc2sc(NCc3ccco3)nc12. The molecule has 0 aliphatic rings. The summed E-state index contributed by atoms with van der Waals surface area (Å²) < 4.78 is 19.4. The molecule has 0 radical (unpaired) electrons. The van der Waals surface area contributed by atoms with Crippen LogP contribution in [-0.4, -0.2) is 4.98 Å². The van der Waals surface area contributed by atoms with E-state index in [4.69, 9.17) is 4.42 Å². The van der Waals surface area contributed by atoms with Gasteiger partial charge in [-0.1, -0.05) is 17.4 Å². The summed E-state index contributed by atoms with van der Waals surface area (Å²) in [5.74, 6) is 0.537. The molecule has 2 heterocycles. The average molecular weight is 248 g/mol. The van der Waals surface area contributed by atoms with E-state index in [0.29, 0.717) is 17.2 Å². The molecule has 1 N–H and O–H groups in total. The number of nitrogens with one attached hydrogen (secondary N) is 1. The summed E-state index contributed by atoms with van der Waals surface area (Å²) in [5.41, 5.74) is 0.416. The van der Waals surface area contributed by atoms with Gasteiger partial charge in [-0.05, 0) is 24.3 Å². The highest BCUT2D eigenvalue weighted by molar-refractivity contribution is 7.22. The lowest BCUT2D eigenvalue weighted by Gasteiger charge is -1.97. The van der Waals surface area contributed by atoms with Crippen molar-refractivity contribution in [3.8, 4) is 0 Å². The zero-order chi connectivity index (χ0) is 11.7. The topological polar surface area (TPSA) is 38.1 Å². The number of thiazole rings is 1. The van der Waals surface area contributed by atoms with Crippen molar-refractivity contribution in [1.29, 1.82) is 0 Å². The van der Waals surface area contributed by atoms with Crippen molar-refractivity contribution < 1.29 is 8.81 Å². The first-order valence-corrected chi connectivity index (χ1v) is 5.96. The van der Waals surface area contributed by atoms with Crippen molar-refractivity contribution in [3.63, 3.8) is 0 Å². The Morgan fingerprint density at radius 2 is 2.24 bits per heavy atom. The lowest BCUT2D eigenvalue weighted by Crippen LogP contribution is -1.96. The van der Waals surface area contributed by atoms with Gasteiger partial charge in [-0.3, -0.25) is 0 Å². The number of anilines is 1. The second kappa shape index (κ2) is 4.18. The summed E-state index contributed by atoms with van der Waals surface area (Å²) in [6.07, 6.45) is 1.62. The molecule has 0 amide bonds. The van der Waals surface area contributed by atoms with Crippen LogP contribution in [0.3, 0.4) is 0 Å². The minimum atomic E-state index is -0.287. The van der Waals surface area contributed by atoms with E-state index in [-0.39, 0.29) is 5.82 Å². The van der Waals surface area contributed by atoms with Crippen LogP contribution >= 0.6 is 11.3 Å². The third-order valence-electron chi connectivity index (χ3n) is 2.36. The fraction of sp³-hybridized carbons (Fsp3) is 0.0833. The van der Waals surface area contributed by atoms with Gasteiger partial charge in [0.1, 0.15) is 17.1 Å². The molecule has 3 nitrogen and oxygen atoms in total. The van der Waals surface area contributed by atoms with Gasteiger partial charge in [-0.15, -0.1) is 0 Å². The lowest BCUT2D eigenvalue weighted by atomic mass is 10.3. The number of hydrogen-bond acceptors (Lipinski definition) is 4. The number of hydrogen-bond donors (Lipinski definition) is 1. The molecule has 0 atom stereocenters. The zero-order valence-electron chi connectivity index (χ0n) is 8.81. The van der Waals surface area contributed by atoms with Gasteiger partial charge in [-0.2, -0.15) is 0 Å². The Labute approximate surface area is 101 Å². The summed E-state index contributed by atoms with van der Waals surface area (Å²) in [6, 6.07) is 8.66. The highest BCUT2D eigenvalue weighted by atomic mass is 32.1. The Balaban J connectivity index is 1.84. The Bertz CT molecular complexity index is 633. The molecule has 0 saturated heterocycles. The highest BCUT2D eigenvalue weighted by Crippen LogP contribution is 2.27. The molecule has 3 aromatic rings. The highest BCUT2D eigenvalue weighted by Gasteiger charge is 2.07. The van der Waals surface area contributed by atoms with Crippen LogP contribution in [0.15, 0.2) is 41.0 Å². The minimum absolute atomic E-state index is 0.287. The maximum absolute atomic E-state index is 13.4. The van der Waals surface area contributed by atoms with E-state index in [1.54, 1.807) is 12.3 Å². The molecule has 0 aliphatic carbocycles. The number of furan rings is 1. The zero-order valence-corrected chi connectivity index (χ0v) is 9.63. The fourth-order valence-electron chi connectivity index (χ4n) is 1.57. The van der Waals surface area contributed by atoms with Gasteiger partial charge in [0.25, 0.3) is 0 Å². The third kappa shape index (κ3) is 2.01. The van der Waals surface area contributed by atoms with Crippen molar-refractivity contribution in [1.82, 2.24) is 4.98 Å². The molecule has 5 heteroatoms. The van der Waals surface area contributed by atoms with Crippen LogP contribution in [-0.2, 0) is 6.54 Å². The molecular formula is C12H9FN2OS. The van der Waals surface area contributed by atoms with Crippen molar-refractivity contribution in [2.75, 3.05) is 5.32 Å². The van der Waals surface area contributed by atoms with Gasteiger partial charge < -0.3 is 9.73 Å². The number of fused-ring (bicyclic) bond motifs is 1. The smallest absolute Gasteiger partial charge is 0.184 e. The molecule has 0 fully saturated rings. The Morgan fingerprint density at radius 3 is 3.00 bits per heavy atom. The van der Waals surface area contributed by atoms with Crippen molar-refractivity contribution >= 4 is 26.7 Å². The summed E-state index contributed by atoms with van der Waals surface area (Å²) in [7, 11) is 0. The first kappa shape index (κ1) is 10.3. The van der Waals surface area contributed by atoms with E-state index in [0.717, 1.165) is 10.5 Å². The van der Waals surface area contributed by atoms with Crippen LogP contribution in [0.5, 0.6) is 0 Å². The van der Waals surface area contributed by atoms with E-state index >= 15 is 0 Å². The standard InChI is InChI=1S/C12H9FN2OS/c13-9-4-1-5-10-11(9)15-12(17-10)14-7-8-3-2-6-16-8/h1-6H,7H2,(H,14,15). The van der Waals surface area contributed by atoms with Crippen molar-refractivity contribution in [2.24, 2.45) is 0 Å². The Kier molecular flexibility index (Phi) is 2.53. The summed E-state index contributed by atoms with van der Waals surface area (Å²) >= 11 is 1.43. The number of aromatic nitrogens is 1. The van der Waals surface area contributed by atoms with Gasteiger partial charge in [0.2, 0.25) is 0 Å². The fourth-order valence-corrected chi connectivity index (χ4v) is 2.44. The van der Waals surface area contributed by atoms with Crippen LogP contribution < -0.4 is 5.32 Å². The molecule has 1 aromatic carbocycles. The second-order valence-corrected chi connectivity index (χ2v) is 4.57. The van der Waals surface area contributed by atoms with Crippen LogP contribution in [0.2, 0.25) is 0 Å². The van der Waals surface area contributed by atoms with Gasteiger partial charge in [0.15, 0.2) is 5.13 Å². The quantitative estimate of drug-likeness (QED) is 0.769. The minimum Gasteiger partial charge on any atom is -0.467 e. The van der Waals surface area contributed by atoms with E-state index in [1.165, 1.54) is 17.4 Å². The molecule has 0 aliphatic heterocycles. The van der Waals surface area contributed by atoms with Crippen LogP contribution in [0.4, 0.5) is 9.52 Å². The predicted octanol–water partition coefficient (Wildman–Crippen LogP) is 3.64. The predicted molar refractivity (Wildman–Crippen MR) is 65.6 cm³/mol. The monoisotopic (exact) mass is 248 g/mol. The van der Waals surface area contributed by atoms with E-state index < -0.39 is 0 Å². The van der Waals surface area contributed by atoms with Crippen molar-refractivity contribution in [3.05, 3.63) is 48.2 Å². The van der Waals surface area contributed by atoms with Gasteiger partial charge in [0.05, 0.1) is 17.5 Å². The molecule has 0 unspecified atom stereocenters. The van der Waals surface area contributed by atoms with Gasteiger partial charge >= 0.3 is 0 Å². The van der Waals surface area contributed by atoms with E-state index in [9.17, 15) is 4.39 Å². The molecule has 3 rings (SSSR count). The Morgan fingerprint density at radius 1 is 1.29 bits per heavy atom. The Hall–Kier alpha value is -1.88. The maximum Gasteiger partial charge on any atom is 0.184 e. The molecule has 2 aromatic heterocycles. The number of rotatable bonds is 3. The van der Waals surface area contributed by atoms with E-state index in [2.05, 4.69) is 10.3 Å². The molecule has 0 bridgehead atoms. The molecule has 0 spiro atoms. The number of nitrogens with zero attached hydrogens (tertiary/aromatic N) is 1. The van der Waals surface area contributed by atoms with Gasteiger partial charge in [-0.25, -0.2) is 9.37 Å². The van der Waals surface area contributed by atoms with Crippen LogP contribution in [0.25, 0.3) is 10.2 Å². The largest absolute Gasteiger partial charge is 0.467 e. The van der Waals surface area contributed by atoms with Crippen LogP contribution in [0.1, 0.15) is 5.76 Å². The second-order valence-electron chi connectivity index (χ2n) is 3.54. The summed E-state index contributed by atoms with van der Waals surface area (Å²) in [6.45, 7) is 0.550. The number of para-hydroxylation sites is 1. The number of halogens is 1. The van der Waals surface area contributed by atoms with E-state index in [1.807, 2.05) is 18.2 Å². The lowest BCUT2D eigenvalue weighted by molar-refractivity contribution is 0.518. The van der Waals surface area contributed by atoms with Crippen LogP contribution in [0, 0.1) is 5.82 Å². The molecule has 0 saturated carbocycles.